The summed E-state index contributed by atoms with van der Waals surface area (Å²) in [4.78, 5) is 15.0. The minimum absolute atomic E-state index is 0.0145. The van der Waals surface area contributed by atoms with Gasteiger partial charge in [-0.2, -0.15) is 0 Å². The lowest BCUT2D eigenvalue weighted by atomic mass is 9.85. The molecular formula is C20H27NO3. The van der Waals surface area contributed by atoms with Crippen molar-refractivity contribution in [1.29, 1.82) is 0 Å². The maximum absolute atomic E-state index is 13.2. The maximum atomic E-state index is 13.2. The van der Waals surface area contributed by atoms with Crippen LogP contribution in [0, 0.1) is 0 Å². The van der Waals surface area contributed by atoms with Crippen molar-refractivity contribution in [3.8, 4) is 0 Å². The highest BCUT2D eigenvalue weighted by Gasteiger charge is 2.54. The Morgan fingerprint density at radius 2 is 1.92 bits per heavy atom. The zero-order chi connectivity index (χ0) is 17.3. The SMILES string of the molecule is C/C1=C/C[C@]2(O[C@H](c3ccccc3)[C@H](C)N(C)C2=O)[C@@H](C)OCC1. The minimum atomic E-state index is -0.955. The van der Waals surface area contributed by atoms with Crippen molar-refractivity contribution >= 4 is 5.91 Å². The highest BCUT2D eigenvalue weighted by molar-refractivity contribution is 5.87. The van der Waals surface area contributed by atoms with Crippen molar-refractivity contribution < 1.29 is 14.3 Å². The highest BCUT2D eigenvalue weighted by atomic mass is 16.6. The number of nitrogens with zero attached hydrogens (tertiary/aromatic N) is 1. The summed E-state index contributed by atoms with van der Waals surface area (Å²) in [5.41, 5.74) is 1.39. The molecule has 2 aliphatic rings. The van der Waals surface area contributed by atoms with Gasteiger partial charge in [0.25, 0.3) is 5.91 Å². The van der Waals surface area contributed by atoms with Gasteiger partial charge in [-0.15, -0.1) is 0 Å². The Hall–Kier alpha value is -1.65. The molecule has 0 aliphatic carbocycles. The standard InChI is InChI=1S/C20H27NO3/c1-14-10-12-20(16(3)23-13-11-14)19(22)21(4)15(2)18(24-20)17-8-6-5-7-9-17/h5-10,15-16,18H,11-13H2,1-4H3/b14-10-/t15-,16+,18-,20-/m0/s1. The van der Waals surface area contributed by atoms with E-state index in [4.69, 9.17) is 9.47 Å². The zero-order valence-electron chi connectivity index (χ0n) is 15.0. The average Bonchev–Trinajstić information content (AvgIpc) is 2.59. The number of ether oxygens (including phenoxy) is 2. The van der Waals surface area contributed by atoms with Gasteiger partial charge >= 0.3 is 0 Å². The lowest BCUT2D eigenvalue weighted by molar-refractivity contribution is -0.222. The molecule has 0 bridgehead atoms. The normalized spacial score (nSPS) is 36.8. The van der Waals surface area contributed by atoms with Gasteiger partial charge in [-0.1, -0.05) is 42.0 Å². The fourth-order valence-corrected chi connectivity index (χ4v) is 3.58. The Morgan fingerprint density at radius 1 is 1.21 bits per heavy atom. The van der Waals surface area contributed by atoms with Gasteiger partial charge in [0.05, 0.1) is 18.8 Å². The minimum Gasteiger partial charge on any atom is -0.375 e. The van der Waals surface area contributed by atoms with Gasteiger partial charge in [-0.3, -0.25) is 4.79 Å². The van der Waals surface area contributed by atoms with E-state index in [-0.39, 0.29) is 24.2 Å². The van der Waals surface area contributed by atoms with Crippen molar-refractivity contribution in [3.63, 3.8) is 0 Å². The summed E-state index contributed by atoms with van der Waals surface area (Å²) in [6.45, 7) is 6.70. The molecule has 0 aromatic heterocycles. The van der Waals surface area contributed by atoms with Crippen LogP contribution in [0.4, 0.5) is 0 Å². The van der Waals surface area contributed by atoms with Gasteiger partial charge in [0.2, 0.25) is 0 Å². The Bertz CT molecular complexity index is 627. The van der Waals surface area contributed by atoms with Gasteiger partial charge in [0.15, 0.2) is 5.60 Å². The van der Waals surface area contributed by atoms with E-state index in [1.54, 1.807) is 0 Å². The number of morpholine rings is 1. The first kappa shape index (κ1) is 17.2. The van der Waals surface area contributed by atoms with Crippen molar-refractivity contribution in [1.82, 2.24) is 4.90 Å². The van der Waals surface area contributed by atoms with Gasteiger partial charge in [0, 0.05) is 13.5 Å². The number of hydrogen-bond donors (Lipinski definition) is 0. The maximum Gasteiger partial charge on any atom is 0.257 e. The second-order valence-electron chi connectivity index (χ2n) is 7.01. The number of amides is 1. The van der Waals surface area contributed by atoms with E-state index in [2.05, 4.69) is 25.1 Å². The molecule has 2 aliphatic heterocycles. The zero-order valence-corrected chi connectivity index (χ0v) is 15.0. The molecule has 24 heavy (non-hydrogen) atoms. The molecule has 2 heterocycles. The molecule has 1 fully saturated rings. The van der Waals surface area contributed by atoms with E-state index in [1.807, 2.05) is 44.0 Å². The summed E-state index contributed by atoms with van der Waals surface area (Å²) >= 11 is 0. The topological polar surface area (TPSA) is 38.8 Å². The molecule has 1 aromatic carbocycles. The molecule has 4 nitrogen and oxygen atoms in total. The van der Waals surface area contributed by atoms with Crippen LogP contribution >= 0.6 is 0 Å². The fraction of sp³-hybridized carbons (Fsp3) is 0.550. The molecule has 1 aromatic rings. The molecule has 0 saturated carbocycles. The van der Waals surface area contributed by atoms with Gasteiger partial charge in [-0.25, -0.2) is 0 Å². The molecule has 4 heteroatoms. The van der Waals surface area contributed by atoms with Gasteiger partial charge in [-0.05, 0) is 32.8 Å². The van der Waals surface area contributed by atoms with Crippen LogP contribution in [0.2, 0.25) is 0 Å². The van der Waals surface area contributed by atoms with E-state index >= 15 is 0 Å². The Balaban J connectivity index is 2.02. The molecule has 1 spiro atoms. The first-order valence-corrected chi connectivity index (χ1v) is 8.73. The number of rotatable bonds is 1. The van der Waals surface area contributed by atoms with E-state index < -0.39 is 5.60 Å². The van der Waals surface area contributed by atoms with Crippen LogP contribution in [-0.4, -0.2) is 42.2 Å². The predicted octanol–water partition coefficient (Wildman–Crippen LogP) is 3.49. The van der Waals surface area contributed by atoms with Crippen LogP contribution in [0.3, 0.4) is 0 Å². The highest BCUT2D eigenvalue weighted by Crippen LogP contribution is 2.41. The van der Waals surface area contributed by atoms with Crippen LogP contribution < -0.4 is 0 Å². The molecule has 1 amide bonds. The smallest absolute Gasteiger partial charge is 0.257 e. The van der Waals surface area contributed by atoms with Gasteiger partial charge < -0.3 is 14.4 Å². The Morgan fingerprint density at radius 3 is 2.62 bits per heavy atom. The van der Waals surface area contributed by atoms with Crippen molar-refractivity contribution in [2.24, 2.45) is 0 Å². The first-order valence-electron chi connectivity index (χ1n) is 8.73. The van der Waals surface area contributed by atoms with E-state index in [0.29, 0.717) is 13.0 Å². The van der Waals surface area contributed by atoms with E-state index in [9.17, 15) is 4.79 Å². The molecule has 130 valence electrons. The number of benzene rings is 1. The summed E-state index contributed by atoms with van der Waals surface area (Å²) < 4.78 is 12.5. The van der Waals surface area contributed by atoms with Gasteiger partial charge in [0.1, 0.15) is 6.10 Å². The van der Waals surface area contributed by atoms with E-state index in [1.165, 1.54) is 5.57 Å². The lowest BCUT2D eigenvalue weighted by Crippen LogP contribution is -2.64. The second-order valence-corrected chi connectivity index (χ2v) is 7.01. The predicted molar refractivity (Wildman–Crippen MR) is 93.6 cm³/mol. The van der Waals surface area contributed by atoms with Crippen LogP contribution in [0.5, 0.6) is 0 Å². The molecular weight excluding hydrogens is 302 g/mol. The molecule has 1 saturated heterocycles. The Labute approximate surface area is 144 Å². The first-order chi connectivity index (χ1) is 11.5. The fourth-order valence-electron chi connectivity index (χ4n) is 3.58. The molecule has 0 unspecified atom stereocenters. The Kier molecular flexibility index (Phi) is 4.79. The molecule has 0 N–H and O–H groups in total. The largest absolute Gasteiger partial charge is 0.375 e. The monoisotopic (exact) mass is 329 g/mol. The third-order valence-corrected chi connectivity index (χ3v) is 5.47. The van der Waals surface area contributed by atoms with Crippen molar-refractivity contribution in [2.45, 2.75) is 57.5 Å². The lowest BCUT2D eigenvalue weighted by Gasteiger charge is -2.50. The van der Waals surface area contributed by atoms with Crippen LogP contribution in [0.25, 0.3) is 0 Å². The number of carbonyl (C=O) groups is 1. The van der Waals surface area contributed by atoms with Crippen LogP contribution in [0.15, 0.2) is 42.0 Å². The number of carbonyl (C=O) groups excluding carboxylic acids is 1. The van der Waals surface area contributed by atoms with Crippen molar-refractivity contribution in [2.75, 3.05) is 13.7 Å². The summed E-state index contributed by atoms with van der Waals surface area (Å²) in [5, 5.41) is 0. The quantitative estimate of drug-likeness (QED) is 0.740. The average molecular weight is 329 g/mol. The number of likely N-dealkylation sites (N-methyl/N-ethyl adjacent to an activating group) is 1. The third kappa shape index (κ3) is 2.89. The summed E-state index contributed by atoms with van der Waals surface area (Å²) in [5.74, 6) is 0.0145. The molecule has 3 rings (SSSR count). The summed E-state index contributed by atoms with van der Waals surface area (Å²) in [6.07, 6.45) is 3.16. The second kappa shape index (κ2) is 6.69. The molecule has 0 radical (unpaired) electrons. The van der Waals surface area contributed by atoms with E-state index in [0.717, 1.165) is 12.0 Å². The van der Waals surface area contributed by atoms with Crippen molar-refractivity contribution in [3.05, 3.63) is 47.5 Å². The number of hydrogen-bond acceptors (Lipinski definition) is 3. The third-order valence-electron chi connectivity index (χ3n) is 5.47. The van der Waals surface area contributed by atoms with Crippen LogP contribution in [-0.2, 0) is 14.3 Å². The summed E-state index contributed by atoms with van der Waals surface area (Å²) in [7, 11) is 1.87. The summed E-state index contributed by atoms with van der Waals surface area (Å²) in [6, 6.07) is 10.1. The molecule has 4 atom stereocenters. The van der Waals surface area contributed by atoms with Crippen LogP contribution in [0.1, 0.15) is 45.3 Å².